The van der Waals surface area contributed by atoms with Crippen LogP contribution in [0, 0.1) is 6.92 Å². The second-order valence-electron chi connectivity index (χ2n) is 8.50. The molecule has 186 valence electrons. The molecule has 0 radical (unpaired) electrons. The number of anilines is 5. The zero-order chi connectivity index (χ0) is 26.0. The highest BCUT2D eigenvalue weighted by Gasteiger charge is 2.14. The zero-order valence-corrected chi connectivity index (χ0v) is 21.3. The average Bonchev–Trinajstić information content (AvgIpc) is 2.90. The molecule has 0 fully saturated rings. The Labute approximate surface area is 215 Å². The van der Waals surface area contributed by atoms with Gasteiger partial charge in [0.1, 0.15) is 23.8 Å². The molecular formula is C27H25N7O2S. The lowest BCUT2D eigenvalue weighted by molar-refractivity contribution is 0.602. The van der Waals surface area contributed by atoms with Crippen LogP contribution in [0.3, 0.4) is 0 Å². The third kappa shape index (κ3) is 5.05. The summed E-state index contributed by atoms with van der Waals surface area (Å²) in [6, 6.07) is 18.3. The second kappa shape index (κ2) is 9.82. The number of nitrogens with zero attached hydrogens (tertiary/aromatic N) is 4. The Morgan fingerprint density at radius 2 is 1.62 bits per heavy atom. The largest absolute Gasteiger partial charge is 0.373 e. The maximum Gasteiger partial charge on any atom is 0.175 e. The van der Waals surface area contributed by atoms with Gasteiger partial charge < -0.3 is 16.0 Å². The summed E-state index contributed by atoms with van der Waals surface area (Å²) in [6.07, 6.45) is 6.16. The number of aryl methyl sites for hydroxylation is 1. The molecule has 0 saturated carbocycles. The Bertz CT molecular complexity index is 1720. The summed E-state index contributed by atoms with van der Waals surface area (Å²) in [4.78, 5) is 18.0. The number of pyridine rings is 2. The second-order valence-corrected chi connectivity index (χ2v) is 10.5. The van der Waals surface area contributed by atoms with Crippen molar-refractivity contribution in [2.75, 3.05) is 29.3 Å². The molecule has 0 spiro atoms. The molecule has 0 amide bonds. The van der Waals surface area contributed by atoms with Crippen LogP contribution in [-0.2, 0) is 9.84 Å². The van der Waals surface area contributed by atoms with Crippen molar-refractivity contribution in [3.8, 4) is 11.3 Å². The molecule has 3 aromatic heterocycles. The van der Waals surface area contributed by atoms with Crippen molar-refractivity contribution in [3.63, 3.8) is 0 Å². The van der Waals surface area contributed by atoms with Crippen LogP contribution in [-0.4, -0.2) is 41.7 Å². The normalized spacial score (nSPS) is 11.3. The maximum absolute atomic E-state index is 12.0. The molecule has 37 heavy (non-hydrogen) atoms. The van der Waals surface area contributed by atoms with E-state index in [-0.39, 0.29) is 4.90 Å². The van der Waals surface area contributed by atoms with Crippen molar-refractivity contribution in [2.45, 2.75) is 11.8 Å². The summed E-state index contributed by atoms with van der Waals surface area (Å²) in [5, 5.41) is 11.6. The highest BCUT2D eigenvalue weighted by molar-refractivity contribution is 7.90. The van der Waals surface area contributed by atoms with E-state index in [1.807, 2.05) is 56.4 Å². The number of sulfone groups is 1. The van der Waals surface area contributed by atoms with E-state index in [1.54, 1.807) is 30.6 Å². The summed E-state index contributed by atoms with van der Waals surface area (Å²) in [7, 11) is -1.52. The number of hydrogen-bond donors (Lipinski definition) is 3. The van der Waals surface area contributed by atoms with E-state index >= 15 is 0 Å². The van der Waals surface area contributed by atoms with E-state index in [0.29, 0.717) is 23.1 Å². The average molecular weight is 512 g/mol. The molecule has 0 bridgehead atoms. The van der Waals surface area contributed by atoms with Crippen LogP contribution in [0.4, 0.5) is 28.8 Å². The van der Waals surface area contributed by atoms with E-state index in [0.717, 1.165) is 33.3 Å². The van der Waals surface area contributed by atoms with Gasteiger partial charge in [0.15, 0.2) is 9.84 Å². The van der Waals surface area contributed by atoms with Gasteiger partial charge in [-0.25, -0.2) is 28.4 Å². The van der Waals surface area contributed by atoms with E-state index in [2.05, 4.69) is 35.9 Å². The fourth-order valence-corrected chi connectivity index (χ4v) is 4.71. The molecule has 2 aromatic carbocycles. The molecule has 0 aliphatic rings. The number of benzene rings is 2. The predicted molar refractivity (Wildman–Crippen MR) is 147 cm³/mol. The molecule has 5 aromatic rings. The first-order chi connectivity index (χ1) is 17.8. The van der Waals surface area contributed by atoms with Crippen molar-refractivity contribution in [1.82, 2.24) is 19.9 Å². The van der Waals surface area contributed by atoms with E-state index < -0.39 is 9.84 Å². The first-order valence-electron chi connectivity index (χ1n) is 11.5. The molecule has 0 saturated heterocycles. The fraction of sp³-hybridized carbons (Fsp3) is 0.111. The lowest BCUT2D eigenvalue weighted by atomic mass is 10.0. The van der Waals surface area contributed by atoms with Crippen LogP contribution in [0.15, 0.2) is 84.3 Å². The number of nitrogens with one attached hydrogen (secondary N) is 3. The number of aromatic nitrogens is 4. The summed E-state index contributed by atoms with van der Waals surface area (Å²) in [5.74, 6) is 1.98. The van der Waals surface area contributed by atoms with Crippen molar-refractivity contribution in [2.24, 2.45) is 0 Å². The smallest absolute Gasteiger partial charge is 0.175 e. The van der Waals surface area contributed by atoms with Gasteiger partial charge in [0.05, 0.1) is 16.3 Å². The maximum atomic E-state index is 12.0. The standard InChI is InChI=1S/C27H25N7O2S/c1-17-9-10-21-20(11-13-30-26(21)33-18-6-4-7-19(14-18)37(3,35)36)25(17)34-27-22(8-5-12-29-27)23-15-24(28-2)32-16-31-23/h4-16H,1-3H3,(H,29,34)(H,30,33)(H,28,31,32). The minimum atomic E-state index is -3.33. The van der Waals surface area contributed by atoms with Gasteiger partial charge in [-0.3, -0.25) is 0 Å². The summed E-state index contributed by atoms with van der Waals surface area (Å²) >= 11 is 0. The van der Waals surface area contributed by atoms with E-state index in [4.69, 9.17) is 0 Å². The Hall–Kier alpha value is -4.57. The highest BCUT2D eigenvalue weighted by atomic mass is 32.2. The molecule has 0 aliphatic carbocycles. The minimum absolute atomic E-state index is 0.241. The first kappa shape index (κ1) is 24.1. The van der Waals surface area contributed by atoms with Gasteiger partial charge in [0, 0.05) is 53.8 Å². The minimum Gasteiger partial charge on any atom is -0.373 e. The molecule has 3 heterocycles. The fourth-order valence-electron chi connectivity index (χ4n) is 4.04. The Kier molecular flexibility index (Phi) is 6.41. The van der Waals surface area contributed by atoms with Gasteiger partial charge >= 0.3 is 0 Å². The van der Waals surface area contributed by atoms with Crippen molar-refractivity contribution in [1.29, 1.82) is 0 Å². The van der Waals surface area contributed by atoms with Crippen LogP contribution < -0.4 is 16.0 Å². The van der Waals surface area contributed by atoms with E-state index in [1.165, 1.54) is 12.6 Å². The molecule has 0 unspecified atom stereocenters. The topological polar surface area (TPSA) is 122 Å². The molecule has 9 nitrogen and oxygen atoms in total. The lowest BCUT2D eigenvalue weighted by Gasteiger charge is -2.17. The first-order valence-corrected chi connectivity index (χ1v) is 13.4. The predicted octanol–water partition coefficient (Wildman–Crippen LogP) is 5.33. The van der Waals surface area contributed by atoms with Gasteiger partial charge in [0.2, 0.25) is 0 Å². The third-order valence-corrected chi connectivity index (χ3v) is 7.04. The zero-order valence-electron chi connectivity index (χ0n) is 20.5. The number of rotatable bonds is 7. The summed E-state index contributed by atoms with van der Waals surface area (Å²) in [6.45, 7) is 2.03. The van der Waals surface area contributed by atoms with Crippen molar-refractivity contribution in [3.05, 3.63) is 84.9 Å². The molecule has 0 atom stereocenters. The summed E-state index contributed by atoms with van der Waals surface area (Å²) in [5.41, 5.74) is 4.12. The molecular weight excluding hydrogens is 486 g/mol. The van der Waals surface area contributed by atoms with Crippen LogP contribution >= 0.6 is 0 Å². The lowest BCUT2D eigenvalue weighted by Crippen LogP contribution is -2.02. The Morgan fingerprint density at radius 3 is 2.43 bits per heavy atom. The monoisotopic (exact) mass is 511 g/mol. The van der Waals surface area contributed by atoms with Crippen LogP contribution in [0.2, 0.25) is 0 Å². The van der Waals surface area contributed by atoms with E-state index in [9.17, 15) is 8.42 Å². The van der Waals surface area contributed by atoms with Gasteiger partial charge in [-0.15, -0.1) is 0 Å². The molecule has 0 aliphatic heterocycles. The quantitative estimate of drug-likeness (QED) is 0.266. The number of hydrogen-bond acceptors (Lipinski definition) is 9. The van der Waals surface area contributed by atoms with Gasteiger partial charge in [-0.1, -0.05) is 18.2 Å². The van der Waals surface area contributed by atoms with Gasteiger partial charge in [-0.2, -0.15) is 0 Å². The van der Waals surface area contributed by atoms with Gasteiger partial charge in [0.25, 0.3) is 0 Å². The van der Waals surface area contributed by atoms with Crippen molar-refractivity contribution >= 4 is 49.4 Å². The van der Waals surface area contributed by atoms with Crippen LogP contribution in [0.5, 0.6) is 0 Å². The van der Waals surface area contributed by atoms with Crippen LogP contribution in [0.1, 0.15) is 5.56 Å². The SMILES string of the molecule is CNc1cc(-c2cccnc2Nc2c(C)ccc3c(Nc4cccc(S(C)(=O)=O)c4)nccc23)ncn1. The van der Waals surface area contributed by atoms with Gasteiger partial charge in [-0.05, 0) is 48.9 Å². The molecule has 10 heteroatoms. The number of fused-ring (bicyclic) bond motifs is 1. The Morgan fingerprint density at radius 1 is 0.784 bits per heavy atom. The third-order valence-electron chi connectivity index (χ3n) is 5.93. The van der Waals surface area contributed by atoms with Crippen LogP contribution in [0.25, 0.3) is 22.0 Å². The molecule has 5 rings (SSSR count). The summed E-state index contributed by atoms with van der Waals surface area (Å²) < 4.78 is 24.0. The van der Waals surface area contributed by atoms with Crippen molar-refractivity contribution < 1.29 is 8.42 Å². The molecule has 3 N–H and O–H groups in total. The highest BCUT2D eigenvalue weighted by Crippen LogP contribution is 2.36. The Balaban J connectivity index is 1.56.